The molecule has 5 nitrogen and oxygen atoms in total. The lowest BCUT2D eigenvalue weighted by molar-refractivity contribution is -0.217. The van der Waals surface area contributed by atoms with E-state index in [-0.39, 0.29) is 19.4 Å². The first-order valence-corrected chi connectivity index (χ1v) is 7.36. The summed E-state index contributed by atoms with van der Waals surface area (Å²) in [4.78, 5) is 24.0. The van der Waals surface area contributed by atoms with E-state index in [2.05, 4.69) is 5.32 Å². The minimum absolute atomic E-state index is 0.0782. The quantitative estimate of drug-likeness (QED) is 0.801. The van der Waals surface area contributed by atoms with Crippen molar-refractivity contribution in [1.29, 1.82) is 0 Å². The Bertz CT molecular complexity index is 437. The summed E-state index contributed by atoms with van der Waals surface area (Å²) >= 11 is 5.28. The maximum atomic E-state index is 13.6. The largest absolute Gasteiger partial charge is 0.444 e. The van der Waals surface area contributed by atoms with Crippen molar-refractivity contribution in [1.82, 2.24) is 10.2 Å². The van der Waals surface area contributed by atoms with Crippen LogP contribution in [0.2, 0.25) is 0 Å². The van der Waals surface area contributed by atoms with Crippen molar-refractivity contribution < 1.29 is 27.5 Å². The molecule has 1 unspecified atom stereocenters. The molecule has 1 aliphatic rings. The van der Waals surface area contributed by atoms with Crippen LogP contribution in [-0.4, -0.2) is 53.2 Å². The van der Waals surface area contributed by atoms with E-state index in [0.29, 0.717) is 4.90 Å². The Labute approximate surface area is 132 Å². The standard InChI is InChI=1S/C13H20ClF3N2O3/c1-11(2,3)22-10(21)19-6-4-5-12(19,13(15,16)17)8-18-9(20)7-14/h4-8H2,1-3H3,(H,18,20). The summed E-state index contributed by atoms with van der Waals surface area (Å²) in [5, 5.41) is 2.13. The van der Waals surface area contributed by atoms with Gasteiger partial charge >= 0.3 is 12.3 Å². The molecule has 1 fully saturated rings. The Kier molecular flexibility index (Phi) is 5.59. The molecule has 0 aromatic heterocycles. The second-order valence-corrected chi connectivity index (χ2v) is 6.44. The summed E-state index contributed by atoms with van der Waals surface area (Å²) < 4.78 is 45.8. The number of amides is 2. The van der Waals surface area contributed by atoms with Gasteiger partial charge in [-0.1, -0.05) is 0 Å². The van der Waals surface area contributed by atoms with E-state index in [4.69, 9.17) is 16.3 Å². The molecule has 0 saturated carbocycles. The van der Waals surface area contributed by atoms with Crippen molar-refractivity contribution >= 4 is 23.6 Å². The van der Waals surface area contributed by atoms with Gasteiger partial charge in [0.1, 0.15) is 11.5 Å². The molecule has 0 bridgehead atoms. The molecule has 128 valence electrons. The molecular weight excluding hydrogens is 325 g/mol. The molecule has 22 heavy (non-hydrogen) atoms. The molecule has 1 heterocycles. The first-order valence-electron chi connectivity index (χ1n) is 6.83. The van der Waals surface area contributed by atoms with Crippen molar-refractivity contribution in [3.63, 3.8) is 0 Å². The molecule has 1 saturated heterocycles. The predicted molar refractivity (Wildman–Crippen MR) is 74.7 cm³/mol. The van der Waals surface area contributed by atoms with Gasteiger partial charge in [0.15, 0.2) is 5.54 Å². The van der Waals surface area contributed by atoms with E-state index in [9.17, 15) is 22.8 Å². The maximum absolute atomic E-state index is 13.6. The summed E-state index contributed by atoms with van der Waals surface area (Å²) in [5.41, 5.74) is -3.37. The lowest BCUT2D eigenvalue weighted by Gasteiger charge is -2.40. The van der Waals surface area contributed by atoms with E-state index in [1.165, 1.54) is 0 Å². The molecule has 1 N–H and O–H groups in total. The summed E-state index contributed by atoms with van der Waals surface area (Å²) in [5.74, 6) is -1.17. The van der Waals surface area contributed by atoms with Gasteiger partial charge in [-0.05, 0) is 33.6 Å². The third-order valence-corrected chi connectivity index (χ3v) is 3.57. The third kappa shape index (κ3) is 4.18. The Morgan fingerprint density at radius 2 is 1.91 bits per heavy atom. The average Bonchev–Trinajstić information content (AvgIpc) is 2.78. The topological polar surface area (TPSA) is 58.6 Å². The van der Waals surface area contributed by atoms with Crippen LogP contribution in [0.5, 0.6) is 0 Å². The summed E-state index contributed by atoms with van der Waals surface area (Å²) in [6.45, 7) is 3.91. The summed E-state index contributed by atoms with van der Waals surface area (Å²) in [6.07, 6.45) is -5.85. The Morgan fingerprint density at radius 3 is 2.36 bits per heavy atom. The van der Waals surface area contributed by atoms with Gasteiger partial charge in [0, 0.05) is 13.1 Å². The highest BCUT2D eigenvalue weighted by atomic mass is 35.5. The number of hydrogen-bond acceptors (Lipinski definition) is 3. The SMILES string of the molecule is CC(C)(C)OC(=O)N1CCCC1(CNC(=O)CCl)C(F)(F)F. The van der Waals surface area contributed by atoms with E-state index >= 15 is 0 Å². The molecular formula is C13H20ClF3N2O3. The van der Waals surface area contributed by atoms with Gasteiger partial charge in [-0.2, -0.15) is 13.2 Å². The fourth-order valence-corrected chi connectivity index (χ4v) is 2.43. The van der Waals surface area contributed by atoms with Crippen LogP contribution in [0.1, 0.15) is 33.6 Å². The number of halogens is 4. The van der Waals surface area contributed by atoms with Crippen LogP contribution in [0.3, 0.4) is 0 Å². The second-order valence-electron chi connectivity index (χ2n) is 6.18. The summed E-state index contributed by atoms with van der Waals surface area (Å²) in [6, 6.07) is 0. The van der Waals surface area contributed by atoms with Crippen molar-refractivity contribution in [3.05, 3.63) is 0 Å². The van der Waals surface area contributed by atoms with E-state index < -0.39 is 41.7 Å². The Hall–Kier alpha value is -1.18. The van der Waals surface area contributed by atoms with E-state index in [0.717, 1.165) is 0 Å². The average molecular weight is 345 g/mol. The number of carbonyl (C=O) groups is 2. The number of nitrogens with one attached hydrogen (secondary N) is 1. The van der Waals surface area contributed by atoms with Crippen molar-refractivity contribution in [2.24, 2.45) is 0 Å². The number of carbonyl (C=O) groups excluding carboxylic acids is 2. The number of alkyl halides is 4. The van der Waals surface area contributed by atoms with Gasteiger partial charge in [0.25, 0.3) is 0 Å². The number of ether oxygens (including phenoxy) is 1. The molecule has 0 aliphatic carbocycles. The molecule has 0 aromatic carbocycles. The van der Waals surface area contributed by atoms with Gasteiger partial charge in [-0.15, -0.1) is 11.6 Å². The van der Waals surface area contributed by atoms with Gasteiger partial charge in [0.2, 0.25) is 5.91 Å². The normalized spacial score (nSPS) is 22.6. The van der Waals surface area contributed by atoms with Crippen LogP contribution in [-0.2, 0) is 9.53 Å². The maximum Gasteiger partial charge on any atom is 0.413 e. The van der Waals surface area contributed by atoms with Crippen molar-refractivity contribution in [3.8, 4) is 0 Å². The third-order valence-electron chi connectivity index (χ3n) is 3.33. The van der Waals surface area contributed by atoms with Gasteiger partial charge in [-0.25, -0.2) is 4.79 Å². The number of hydrogen-bond donors (Lipinski definition) is 1. The number of nitrogens with zero attached hydrogens (tertiary/aromatic N) is 1. The minimum Gasteiger partial charge on any atom is -0.444 e. The van der Waals surface area contributed by atoms with E-state index in [1.54, 1.807) is 20.8 Å². The Balaban J connectivity index is 3.03. The zero-order chi connectivity index (χ0) is 17.2. The zero-order valence-corrected chi connectivity index (χ0v) is 13.5. The van der Waals surface area contributed by atoms with E-state index in [1.807, 2.05) is 0 Å². The van der Waals surface area contributed by atoms with Crippen LogP contribution in [0.4, 0.5) is 18.0 Å². The first kappa shape index (κ1) is 18.9. The lowest BCUT2D eigenvalue weighted by Crippen LogP contribution is -2.63. The molecule has 9 heteroatoms. The summed E-state index contributed by atoms with van der Waals surface area (Å²) in [7, 11) is 0. The first-order chi connectivity index (χ1) is 9.93. The molecule has 0 radical (unpaired) electrons. The highest BCUT2D eigenvalue weighted by molar-refractivity contribution is 6.27. The molecule has 1 aliphatic heterocycles. The van der Waals surface area contributed by atoms with Crippen molar-refractivity contribution in [2.75, 3.05) is 19.0 Å². The number of rotatable bonds is 3. The van der Waals surface area contributed by atoms with Crippen LogP contribution in [0.25, 0.3) is 0 Å². The minimum atomic E-state index is -4.69. The zero-order valence-electron chi connectivity index (χ0n) is 12.7. The highest BCUT2D eigenvalue weighted by Gasteiger charge is 2.62. The Morgan fingerprint density at radius 1 is 1.32 bits per heavy atom. The highest BCUT2D eigenvalue weighted by Crippen LogP contribution is 2.43. The van der Waals surface area contributed by atoms with Crippen LogP contribution in [0, 0.1) is 0 Å². The fraction of sp³-hybridized carbons (Fsp3) is 0.846. The van der Waals surface area contributed by atoms with Gasteiger partial charge in [0.05, 0.1) is 0 Å². The lowest BCUT2D eigenvalue weighted by atomic mass is 9.95. The predicted octanol–water partition coefficient (Wildman–Crippen LogP) is 2.67. The molecule has 0 aromatic rings. The van der Waals surface area contributed by atoms with Gasteiger partial charge < -0.3 is 10.1 Å². The molecule has 1 rings (SSSR count). The fourth-order valence-electron chi connectivity index (χ4n) is 2.33. The monoisotopic (exact) mass is 344 g/mol. The molecule has 2 amide bonds. The van der Waals surface area contributed by atoms with Crippen LogP contribution in [0.15, 0.2) is 0 Å². The van der Waals surface area contributed by atoms with Crippen molar-refractivity contribution in [2.45, 2.75) is 50.9 Å². The molecule has 0 spiro atoms. The molecule has 1 atom stereocenters. The van der Waals surface area contributed by atoms with Gasteiger partial charge in [-0.3, -0.25) is 9.69 Å². The second kappa shape index (κ2) is 6.52. The number of likely N-dealkylation sites (tertiary alicyclic amines) is 1. The van der Waals surface area contributed by atoms with Crippen LogP contribution < -0.4 is 5.32 Å². The smallest absolute Gasteiger partial charge is 0.413 e. The van der Waals surface area contributed by atoms with Crippen LogP contribution >= 0.6 is 11.6 Å².